The van der Waals surface area contributed by atoms with Gasteiger partial charge in [-0.1, -0.05) is 18.2 Å². The highest BCUT2D eigenvalue weighted by atomic mass is 16.5. The van der Waals surface area contributed by atoms with E-state index in [1.165, 1.54) is 0 Å². The van der Waals surface area contributed by atoms with Crippen molar-refractivity contribution in [2.24, 2.45) is 4.99 Å². The molecule has 0 spiro atoms. The lowest BCUT2D eigenvalue weighted by Gasteiger charge is -2.38. The number of aromatic nitrogens is 1. The minimum Gasteiger partial charge on any atom is -0.495 e. The van der Waals surface area contributed by atoms with Gasteiger partial charge in [-0.15, -0.1) is 0 Å². The number of aliphatic imine (C=N–C) groups is 1. The van der Waals surface area contributed by atoms with Crippen LogP contribution in [0.1, 0.15) is 5.56 Å². The highest BCUT2D eigenvalue weighted by molar-refractivity contribution is 5.80. The molecule has 1 aliphatic rings. The number of benzene rings is 1. The number of nitrogens with one attached hydrogen (secondary N) is 1. The van der Waals surface area contributed by atoms with Crippen LogP contribution in [-0.4, -0.2) is 63.3 Å². The minimum absolute atomic E-state index is 0.621. The van der Waals surface area contributed by atoms with E-state index in [0.29, 0.717) is 12.4 Å². The van der Waals surface area contributed by atoms with Crippen molar-refractivity contribution >= 4 is 11.6 Å². The molecule has 27 heavy (non-hydrogen) atoms. The first-order valence-corrected chi connectivity index (χ1v) is 9.08. The minimum atomic E-state index is 0.621. The number of hydrogen-bond acceptors (Lipinski definition) is 5. The van der Waals surface area contributed by atoms with Crippen LogP contribution < -0.4 is 19.7 Å². The SMILES string of the molecule is CN=C(NCc1cccnc1OC)N1CCN(c2ccccc2OC)CC1. The number of guanidine groups is 1. The van der Waals surface area contributed by atoms with E-state index in [2.05, 4.69) is 31.2 Å². The van der Waals surface area contributed by atoms with Gasteiger partial charge in [-0.2, -0.15) is 0 Å². The predicted molar refractivity (Wildman–Crippen MR) is 108 cm³/mol. The molecule has 0 unspecified atom stereocenters. The molecule has 144 valence electrons. The quantitative estimate of drug-likeness (QED) is 0.643. The summed E-state index contributed by atoms with van der Waals surface area (Å²) in [6, 6.07) is 12.1. The van der Waals surface area contributed by atoms with Gasteiger partial charge in [0.15, 0.2) is 5.96 Å². The van der Waals surface area contributed by atoms with Gasteiger partial charge in [0.2, 0.25) is 5.88 Å². The largest absolute Gasteiger partial charge is 0.495 e. The number of para-hydroxylation sites is 2. The molecule has 1 fully saturated rings. The summed E-state index contributed by atoms with van der Waals surface area (Å²) in [6.07, 6.45) is 1.73. The summed E-state index contributed by atoms with van der Waals surface area (Å²) >= 11 is 0. The van der Waals surface area contributed by atoms with Crippen LogP contribution >= 0.6 is 0 Å². The van der Waals surface area contributed by atoms with Gasteiger partial charge >= 0.3 is 0 Å². The van der Waals surface area contributed by atoms with E-state index in [0.717, 1.165) is 49.1 Å². The van der Waals surface area contributed by atoms with Crippen LogP contribution in [0.15, 0.2) is 47.6 Å². The van der Waals surface area contributed by atoms with Crippen LogP contribution in [0.4, 0.5) is 5.69 Å². The molecule has 0 saturated carbocycles. The third-order valence-corrected chi connectivity index (χ3v) is 4.70. The number of hydrogen-bond donors (Lipinski definition) is 1. The maximum Gasteiger partial charge on any atom is 0.218 e. The zero-order chi connectivity index (χ0) is 19.1. The highest BCUT2D eigenvalue weighted by Crippen LogP contribution is 2.28. The van der Waals surface area contributed by atoms with Crippen molar-refractivity contribution in [2.75, 3.05) is 52.3 Å². The van der Waals surface area contributed by atoms with Gasteiger partial charge in [0, 0.05) is 51.5 Å². The molecule has 0 bridgehead atoms. The number of rotatable bonds is 5. The molecule has 0 amide bonds. The topological polar surface area (TPSA) is 62.2 Å². The van der Waals surface area contributed by atoms with Gasteiger partial charge in [-0.05, 0) is 18.2 Å². The zero-order valence-electron chi connectivity index (χ0n) is 16.2. The molecule has 2 aromatic rings. The monoisotopic (exact) mass is 369 g/mol. The number of ether oxygens (including phenoxy) is 2. The Bertz CT molecular complexity index is 772. The van der Waals surface area contributed by atoms with Gasteiger partial charge in [-0.25, -0.2) is 4.98 Å². The van der Waals surface area contributed by atoms with Crippen LogP contribution in [0, 0.1) is 0 Å². The maximum atomic E-state index is 5.49. The molecule has 3 rings (SSSR count). The highest BCUT2D eigenvalue weighted by Gasteiger charge is 2.21. The van der Waals surface area contributed by atoms with Crippen molar-refractivity contribution in [3.63, 3.8) is 0 Å². The van der Waals surface area contributed by atoms with Crippen molar-refractivity contribution in [3.8, 4) is 11.6 Å². The first-order chi connectivity index (χ1) is 13.3. The van der Waals surface area contributed by atoms with E-state index in [-0.39, 0.29) is 0 Å². The summed E-state index contributed by atoms with van der Waals surface area (Å²) in [7, 11) is 5.17. The van der Waals surface area contributed by atoms with E-state index in [1.54, 1.807) is 20.4 Å². The van der Waals surface area contributed by atoms with Gasteiger partial charge < -0.3 is 24.6 Å². The molecule has 0 atom stereocenters. The summed E-state index contributed by atoms with van der Waals surface area (Å²) in [6.45, 7) is 4.23. The number of pyridine rings is 1. The second-order valence-electron chi connectivity index (χ2n) is 6.22. The Morgan fingerprint density at radius 3 is 2.56 bits per heavy atom. The molecular weight excluding hydrogens is 342 g/mol. The molecule has 2 heterocycles. The number of anilines is 1. The van der Waals surface area contributed by atoms with Gasteiger partial charge in [0.25, 0.3) is 0 Å². The third-order valence-electron chi connectivity index (χ3n) is 4.70. The Balaban J connectivity index is 1.59. The Morgan fingerprint density at radius 2 is 1.85 bits per heavy atom. The van der Waals surface area contributed by atoms with Gasteiger partial charge in [0.05, 0.1) is 19.9 Å². The summed E-state index contributed by atoms with van der Waals surface area (Å²) in [4.78, 5) is 13.3. The summed E-state index contributed by atoms with van der Waals surface area (Å²) in [5, 5.41) is 3.42. The normalized spacial score (nSPS) is 14.9. The van der Waals surface area contributed by atoms with E-state index < -0.39 is 0 Å². The molecule has 0 aliphatic carbocycles. The fraction of sp³-hybridized carbons (Fsp3) is 0.400. The van der Waals surface area contributed by atoms with E-state index in [9.17, 15) is 0 Å². The third kappa shape index (κ3) is 4.42. The number of methoxy groups -OCH3 is 2. The fourth-order valence-electron chi connectivity index (χ4n) is 3.30. The van der Waals surface area contributed by atoms with Gasteiger partial charge in [-0.3, -0.25) is 4.99 Å². The Kier molecular flexibility index (Phi) is 6.35. The van der Waals surface area contributed by atoms with E-state index in [4.69, 9.17) is 9.47 Å². The van der Waals surface area contributed by atoms with E-state index >= 15 is 0 Å². The molecule has 7 heteroatoms. The Labute approximate surface area is 160 Å². The van der Waals surface area contributed by atoms with Crippen LogP contribution in [0.5, 0.6) is 11.6 Å². The van der Waals surface area contributed by atoms with Gasteiger partial charge in [0.1, 0.15) is 5.75 Å². The van der Waals surface area contributed by atoms with Crippen molar-refractivity contribution in [3.05, 3.63) is 48.2 Å². The second-order valence-corrected chi connectivity index (χ2v) is 6.22. The first-order valence-electron chi connectivity index (χ1n) is 9.08. The zero-order valence-corrected chi connectivity index (χ0v) is 16.2. The average molecular weight is 369 g/mol. The summed E-state index contributed by atoms with van der Waals surface area (Å²) in [5.74, 6) is 2.44. The van der Waals surface area contributed by atoms with E-state index in [1.807, 2.05) is 37.4 Å². The van der Waals surface area contributed by atoms with Crippen LogP contribution in [0.25, 0.3) is 0 Å². The standard InChI is InChI=1S/C20H27N5O2/c1-21-20(23-15-16-7-6-10-22-19(16)27-3)25-13-11-24(12-14-25)17-8-4-5-9-18(17)26-2/h4-10H,11-15H2,1-3H3,(H,21,23). The molecule has 1 N–H and O–H groups in total. The smallest absolute Gasteiger partial charge is 0.218 e. The van der Waals surface area contributed by atoms with Crippen molar-refractivity contribution in [1.29, 1.82) is 0 Å². The first kappa shape index (κ1) is 18.8. The lowest BCUT2D eigenvalue weighted by atomic mass is 10.2. The average Bonchev–Trinajstić information content (AvgIpc) is 2.75. The number of piperazine rings is 1. The predicted octanol–water partition coefficient (Wildman–Crippen LogP) is 2.00. The Hall–Kier alpha value is -2.96. The summed E-state index contributed by atoms with van der Waals surface area (Å²) < 4.78 is 10.8. The molecule has 1 aromatic heterocycles. The number of nitrogens with zero attached hydrogens (tertiary/aromatic N) is 4. The molecule has 1 aliphatic heterocycles. The lowest BCUT2D eigenvalue weighted by Crippen LogP contribution is -2.52. The molecule has 7 nitrogen and oxygen atoms in total. The van der Waals surface area contributed by atoms with Crippen LogP contribution in [0.2, 0.25) is 0 Å². The molecule has 0 radical (unpaired) electrons. The second kappa shape index (κ2) is 9.12. The molecular formula is C20H27N5O2. The van der Waals surface area contributed by atoms with Crippen molar-refractivity contribution < 1.29 is 9.47 Å². The maximum absolute atomic E-state index is 5.49. The van der Waals surface area contributed by atoms with Crippen molar-refractivity contribution in [2.45, 2.75) is 6.54 Å². The van der Waals surface area contributed by atoms with Crippen LogP contribution in [0.3, 0.4) is 0 Å². The lowest BCUT2D eigenvalue weighted by molar-refractivity contribution is 0.365. The fourth-order valence-corrected chi connectivity index (χ4v) is 3.30. The summed E-state index contributed by atoms with van der Waals surface area (Å²) in [5.41, 5.74) is 2.15. The van der Waals surface area contributed by atoms with Crippen molar-refractivity contribution in [1.82, 2.24) is 15.2 Å². The molecule has 1 saturated heterocycles. The van der Waals surface area contributed by atoms with Crippen LogP contribution in [-0.2, 0) is 6.54 Å². The molecule has 1 aromatic carbocycles. The Morgan fingerprint density at radius 1 is 1.07 bits per heavy atom.